The van der Waals surface area contributed by atoms with Crippen molar-refractivity contribution in [2.45, 2.75) is 37.3 Å². The van der Waals surface area contributed by atoms with Crippen molar-refractivity contribution >= 4 is 28.8 Å². The molecule has 3 aliphatic carbocycles. The van der Waals surface area contributed by atoms with E-state index in [9.17, 15) is 34.8 Å². The van der Waals surface area contributed by atoms with Crippen LogP contribution in [0.4, 0.5) is 11.4 Å². The molecule has 0 aromatic heterocycles. The molecule has 11 nitrogen and oxygen atoms in total. The molecule has 0 fully saturated rings. The van der Waals surface area contributed by atoms with Crippen LogP contribution in [0, 0.1) is 11.8 Å². The highest BCUT2D eigenvalue weighted by molar-refractivity contribution is 6.25. The number of anilines is 2. The van der Waals surface area contributed by atoms with Gasteiger partial charge in [0, 0.05) is 37.2 Å². The van der Waals surface area contributed by atoms with Gasteiger partial charge in [0.1, 0.15) is 22.8 Å². The maximum Gasteiger partial charge on any atom is 0.255 e. The number of phenolic OH excluding ortho intramolecular Hbond substituents is 1. The predicted molar refractivity (Wildman–Crippen MR) is 132 cm³/mol. The number of carbonyl (C=O) groups is 3. The van der Waals surface area contributed by atoms with Crippen LogP contribution in [0.25, 0.3) is 0 Å². The molecule has 8 N–H and O–H groups in total. The average Bonchev–Trinajstić information content (AvgIpc) is 2.75. The molecule has 1 aromatic carbocycles. The summed E-state index contributed by atoms with van der Waals surface area (Å²) in [6.45, 7) is 3.67. The van der Waals surface area contributed by atoms with E-state index in [4.69, 9.17) is 11.5 Å². The second-order valence-corrected chi connectivity index (χ2v) is 10.8. The highest BCUT2D eigenvalue weighted by Crippen LogP contribution is 2.59. The van der Waals surface area contributed by atoms with Crippen LogP contribution in [0.3, 0.4) is 0 Å². The summed E-state index contributed by atoms with van der Waals surface area (Å²) in [6, 6.07) is 0.511. The van der Waals surface area contributed by atoms with E-state index in [0.717, 1.165) is 0 Å². The van der Waals surface area contributed by atoms with E-state index < -0.39 is 69.2 Å². The van der Waals surface area contributed by atoms with Gasteiger partial charge in [-0.1, -0.05) is 13.8 Å². The Labute approximate surface area is 208 Å². The Balaban J connectivity index is 2.09. The molecule has 1 amide bonds. The molecule has 194 valence electrons. The number of fused-ring (bicyclic) bond motifs is 3. The molecule has 0 bridgehead atoms. The van der Waals surface area contributed by atoms with Gasteiger partial charge in [0.15, 0.2) is 11.4 Å². The van der Waals surface area contributed by atoms with Crippen molar-refractivity contribution in [3.63, 3.8) is 0 Å². The lowest BCUT2D eigenvalue weighted by molar-refractivity contribution is -0.149. The van der Waals surface area contributed by atoms with E-state index in [-0.39, 0.29) is 23.2 Å². The maximum atomic E-state index is 13.9. The van der Waals surface area contributed by atoms with Crippen molar-refractivity contribution in [3.8, 4) is 5.75 Å². The van der Waals surface area contributed by atoms with E-state index in [0.29, 0.717) is 11.3 Å². The zero-order valence-corrected chi connectivity index (χ0v) is 21.1. The largest absolute Gasteiger partial charge is 0.510 e. The Morgan fingerprint density at radius 1 is 1.11 bits per heavy atom. The van der Waals surface area contributed by atoms with Gasteiger partial charge < -0.3 is 36.8 Å². The molecule has 0 heterocycles. The number of hydrogen-bond donors (Lipinski definition) is 6. The zero-order chi connectivity index (χ0) is 27.2. The number of allylic oxidation sites excluding steroid dienone is 1. The molecule has 3 aliphatic rings. The van der Waals surface area contributed by atoms with Gasteiger partial charge in [-0.05, 0) is 37.6 Å². The predicted octanol–water partition coefficient (Wildman–Crippen LogP) is 0.504. The molecule has 11 heteroatoms. The quantitative estimate of drug-likeness (QED) is 0.194. The fraction of sp³-hybridized carbons (Fsp3) is 0.480. The smallest absolute Gasteiger partial charge is 0.255 e. The number of likely N-dealkylation sites (N-methyl/N-ethyl adjacent to an activating group) is 1. The van der Waals surface area contributed by atoms with E-state index in [1.807, 2.05) is 13.8 Å². The number of carbonyl (C=O) groups excluding carboxylic acids is 3. The van der Waals surface area contributed by atoms with Crippen LogP contribution in [0.1, 0.15) is 36.2 Å². The number of ketones is 2. The molecule has 0 spiro atoms. The number of aromatic hydroxyl groups is 1. The number of nitrogens with zero attached hydrogens (tertiary/aromatic N) is 2. The number of nitrogen functional groups attached to an aromatic ring is 1. The van der Waals surface area contributed by atoms with E-state index in [1.165, 1.54) is 4.90 Å². The van der Waals surface area contributed by atoms with Gasteiger partial charge in [-0.2, -0.15) is 0 Å². The third-order valence-electron chi connectivity index (χ3n) is 8.06. The normalized spacial score (nSPS) is 29.2. The summed E-state index contributed by atoms with van der Waals surface area (Å²) in [5.74, 6) is -7.12. The van der Waals surface area contributed by atoms with E-state index in [2.05, 4.69) is 0 Å². The van der Waals surface area contributed by atoms with Crippen LogP contribution in [0.15, 0.2) is 28.7 Å². The fourth-order valence-corrected chi connectivity index (χ4v) is 6.34. The highest BCUT2D eigenvalue weighted by Gasteiger charge is 2.65. The maximum absolute atomic E-state index is 13.9. The lowest BCUT2D eigenvalue weighted by Crippen LogP contribution is -2.64. The SMILES string of the molecule is CN(C)c1cc(N)c(O)c2c1C(C)(C)[C@H]1C[C@H]3[C@H](N(C)C)C(O)=C(C(N)=O)C(=O)[C@@]3(O)C(O)=C1C2=O. The van der Waals surface area contributed by atoms with Crippen molar-refractivity contribution in [1.82, 2.24) is 4.90 Å². The summed E-state index contributed by atoms with van der Waals surface area (Å²) in [7, 11) is 6.71. The number of amides is 1. The minimum atomic E-state index is -2.69. The third-order valence-corrected chi connectivity index (χ3v) is 8.06. The van der Waals surface area contributed by atoms with Crippen LogP contribution >= 0.6 is 0 Å². The van der Waals surface area contributed by atoms with Crippen LogP contribution in [0.5, 0.6) is 5.75 Å². The number of nitrogens with two attached hydrogens (primary N) is 2. The molecule has 0 unspecified atom stereocenters. The third kappa shape index (κ3) is 2.96. The van der Waals surface area contributed by atoms with Crippen molar-refractivity contribution in [1.29, 1.82) is 0 Å². The van der Waals surface area contributed by atoms with Crippen molar-refractivity contribution < 1.29 is 34.8 Å². The molecule has 36 heavy (non-hydrogen) atoms. The van der Waals surface area contributed by atoms with Gasteiger partial charge >= 0.3 is 0 Å². The van der Waals surface area contributed by atoms with Crippen LogP contribution in [-0.2, 0) is 15.0 Å². The minimum absolute atomic E-state index is 0.00321. The Morgan fingerprint density at radius 2 is 1.69 bits per heavy atom. The van der Waals surface area contributed by atoms with Gasteiger partial charge in [0.05, 0.1) is 17.3 Å². The number of rotatable bonds is 3. The topological polar surface area (TPSA) is 191 Å². The zero-order valence-electron chi connectivity index (χ0n) is 21.1. The van der Waals surface area contributed by atoms with Crippen LogP contribution in [-0.4, -0.2) is 82.6 Å². The standard InChI is InChI=1S/C25H32N4O7/c1-24(2)9-7-10-17(29(5)6)20(32)15(23(27)35)22(34)25(10,36)21(33)13(9)19(31)14-16(24)12(28(3)4)8-11(26)18(14)30/h8-10,17,30,32-33,36H,7,26H2,1-6H3,(H2,27,35)/t9-,10-,17-,25-/m0/s1. The summed E-state index contributed by atoms with van der Waals surface area (Å²) in [6.07, 6.45) is -0.00321. The molecule has 0 saturated heterocycles. The van der Waals surface area contributed by atoms with Crippen LogP contribution < -0.4 is 16.4 Å². The Morgan fingerprint density at radius 3 is 2.19 bits per heavy atom. The second-order valence-electron chi connectivity index (χ2n) is 10.8. The van der Waals surface area contributed by atoms with Crippen molar-refractivity contribution in [2.24, 2.45) is 17.6 Å². The first-order chi connectivity index (χ1) is 16.5. The van der Waals surface area contributed by atoms with E-state index >= 15 is 0 Å². The number of Topliss-reactive ketones (excluding diaryl/α,β-unsaturated/α-hetero) is 2. The molecular formula is C25H32N4O7. The Bertz CT molecular complexity index is 1290. The van der Waals surface area contributed by atoms with Gasteiger partial charge in [0.2, 0.25) is 5.78 Å². The molecule has 0 radical (unpaired) electrons. The second kappa shape index (κ2) is 7.71. The van der Waals surface area contributed by atoms with Crippen molar-refractivity contribution in [3.05, 3.63) is 39.9 Å². The number of hydrogen-bond acceptors (Lipinski definition) is 10. The average molecular weight is 501 g/mol. The van der Waals surface area contributed by atoms with Crippen molar-refractivity contribution in [2.75, 3.05) is 38.8 Å². The highest BCUT2D eigenvalue weighted by atomic mass is 16.3. The first kappa shape index (κ1) is 25.5. The Kier molecular flexibility index (Phi) is 5.47. The first-order valence-electron chi connectivity index (χ1n) is 11.5. The minimum Gasteiger partial charge on any atom is -0.510 e. The van der Waals surface area contributed by atoms with Gasteiger partial charge in [-0.3, -0.25) is 19.3 Å². The number of benzene rings is 1. The lowest BCUT2D eigenvalue weighted by Gasteiger charge is -2.53. The molecule has 0 aliphatic heterocycles. The summed E-state index contributed by atoms with van der Waals surface area (Å²) in [4.78, 5) is 42.7. The van der Waals surface area contributed by atoms with Gasteiger partial charge in [-0.25, -0.2) is 0 Å². The number of aliphatic hydroxyl groups is 3. The summed E-state index contributed by atoms with van der Waals surface area (Å²) < 4.78 is 0. The molecule has 4 atom stereocenters. The molecule has 1 aromatic rings. The molecule has 4 rings (SSSR count). The summed E-state index contributed by atoms with van der Waals surface area (Å²) in [5.41, 5.74) is 7.64. The number of primary amides is 1. The van der Waals surface area contributed by atoms with Crippen LogP contribution in [0.2, 0.25) is 0 Å². The molecule has 0 saturated carbocycles. The van der Waals surface area contributed by atoms with E-state index in [1.54, 1.807) is 39.2 Å². The molecular weight excluding hydrogens is 468 g/mol. The first-order valence-corrected chi connectivity index (χ1v) is 11.5. The number of aliphatic hydroxyl groups excluding tert-OH is 2. The fourth-order valence-electron chi connectivity index (χ4n) is 6.34. The van der Waals surface area contributed by atoms with Gasteiger partial charge in [-0.15, -0.1) is 0 Å². The lowest BCUT2D eigenvalue weighted by atomic mass is 9.52. The Hall–Kier alpha value is -3.57. The number of phenols is 1. The summed E-state index contributed by atoms with van der Waals surface area (Å²) in [5, 5.41) is 44.9. The summed E-state index contributed by atoms with van der Waals surface area (Å²) >= 11 is 0. The monoisotopic (exact) mass is 500 g/mol. The van der Waals surface area contributed by atoms with Gasteiger partial charge in [0.25, 0.3) is 5.91 Å².